The third-order valence-electron chi connectivity index (χ3n) is 6.15. The Balaban J connectivity index is 3.00. The smallest absolute Gasteiger partial charge is 0.216 e. The standard InChI is InChI=1S/C34H40O2S/c1-9-11-13-15-16-18-20-32(37(35,36)34-29(7)23-26(4)24-30(34)8)31(19-17-14-12-10-2)33-27(5)21-25(3)22-28(33)6/h21-24H,9-14H2,1-8H3/b32-31+. The lowest BCUT2D eigenvalue weighted by atomic mass is 9.93. The van der Waals surface area contributed by atoms with Crippen LogP contribution in [0.4, 0.5) is 0 Å². The molecule has 0 bridgehead atoms. The largest absolute Gasteiger partial charge is 0.218 e. The highest BCUT2D eigenvalue weighted by Gasteiger charge is 2.28. The van der Waals surface area contributed by atoms with Gasteiger partial charge in [-0.3, -0.25) is 0 Å². The van der Waals surface area contributed by atoms with Crippen LogP contribution in [0.5, 0.6) is 0 Å². The lowest BCUT2D eigenvalue weighted by molar-refractivity contribution is 0.602. The summed E-state index contributed by atoms with van der Waals surface area (Å²) in [6, 6.07) is 7.95. The quantitative estimate of drug-likeness (QED) is 0.277. The summed E-state index contributed by atoms with van der Waals surface area (Å²) < 4.78 is 28.7. The first-order valence-electron chi connectivity index (χ1n) is 13.2. The van der Waals surface area contributed by atoms with E-state index < -0.39 is 9.84 Å². The summed E-state index contributed by atoms with van der Waals surface area (Å²) in [6.07, 6.45) is 5.47. The Morgan fingerprint density at radius 3 is 1.68 bits per heavy atom. The summed E-state index contributed by atoms with van der Waals surface area (Å²) in [4.78, 5) is 0.336. The Kier molecular flexibility index (Phi) is 11.3. The van der Waals surface area contributed by atoms with Crippen molar-refractivity contribution in [2.75, 3.05) is 0 Å². The van der Waals surface area contributed by atoms with Crippen molar-refractivity contribution in [3.05, 3.63) is 68.1 Å². The van der Waals surface area contributed by atoms with Crippen LogP contribution in [-0.4, -0.2) is 8.42 Å². The van der Waals surface area contributed by atoms with Crippen LogP contribution in [0.25, 0.3) is 5.57 Å². The Morgan fingerprint density at radius 1 is 0.676 bits per heavy atom. The van der Waals surface area contributed by atoms with Gasteiger partial charge in [0.1, 0.15) is 4.91 Å². The van der Waals surface area contributed by atoms with Gasteiger partial charge in [-0.05, 0) is 100.0 Å². The van der Waals surface area contributed by atoms with Crippen molar-refractivity contribution in [3.63, 3.8) is 0 Å². The molecule has 0 atom stereocenters. The fraction of sp³-hybridized carbons (Fsp3) is 0.412. The number of rotatable bonds is 7. The minimum absolute atomic E-state index is 0.0337. The zero-order valence-corrected chi connectivity index (χ0v) is 24.6. The SMILES string of the molecule is CCCCC#CC#C/C(=C(/C#CCCCC)c1c(C)cc(C)cc1C)S(=O)(=O)c1c(C)cc(C)cc1C. The normalized spacial score (nSPS) is 11.4. The second-order valence-electron chi connectivity index (χ2n) is 9.77. The van der Waals surface area contributed by atoms with Crippen LogP contribution in [0.1, 0.15) is 91.3 Å². The van der Waals surface area contributed by atoms with Gasteiger partial charge in [0, 0.05) is 12.8 Å². The summed E-state index contributed by atoms with van der Waals surface area (Å²) in [5.74, 6) is 18.3. The van der Waals surface area contributed by atoms with Crippen LogP contribution in [0.2, 0.25) is 0 Å². The summed E-state index contributed by atoms with van der Waals surface area (Å²) in [5.41, 5.74) is 6.84. The average Bonchev–Trinajstić information content (AvgIpc) is 2.78. The van der Waals surface area contributed by atoms with E-state index in [1.54, 1.807) is 0 Å². The Morgan fingerprint density at radius 2 is 1.16 bits per heavy atom. The number of allylic oxidation sites excluding steroid dienone is 2. The molecule has 0 radical (unpaired) electrons. The van der Waals surface area contributed by atoms with Crippen LogP contribution < -0.4 is 0 Å². The molecule has 37 heavy (non-hydrogen) atoms. The van der Waals surface area contributed by atoms with Gasteiger partial charge in [-0.2, -0.15) is 0 Å². The van der Waals surface area contributed by atoms with Crippen molar-refractivity contribution >= 4 is 15.4 Å². The van der Waals surface area contributed by atoms with Crippen molar-refractivity contribution in [1.82, 2.24) is 0 Å². The topological polar surface area (TPSA) is 34.1 Å². The number of benzene rings is 2. The molecule has 0 aliphatic carbocycles. The molecule has 194 valence electrons. The van der Waals surface area contributed by atoms with Crippen LogP contribution in [0, 0.1) is 77.1 Å². The van der Waals surface area contributed by atoms with E-state index in [0.29, 0.717) is 28.0 Å². The minimum atomic E-state index is -3.97. The van der Waals surface area contributed by atoms with Crippen molar-refractivity contribution < 1.29 is 8.42 Å². The first-order chi connectivity index (χ1) is 17.5. The van der Waals surface area contributed by atoms with Crippen LogP contribution >= 0.6 is 0 Å². The summed E-state index contributed by atoms with van der Waals surface area (Å²) >= 11 is 0. The lowest BCUT2D eigenvalue weighted by Gasteiger charge is -2.16. The first kappa shape index (κ1) is 30.0. The molecule has 0 amide bonds. The van der Waals surface area contributed by atoms with Crippen molar-refractivity contribution in [3.8, 4) is 35.5 Å². The van der Waals surface area contributed by atoms with Gasteiger partial charge in [0.2, 0.25) is 9.84 Å². The molecule has 0 N–H and O–H groups in total. The summed E-state index contributed by atoms with van der Waals surface area (Å²) in [5, 5.41) is 0. The molecule has 0 aliphatic heterocycles. The minimum Gasteiger partial charge on any atom is -0.218 e. The second-order valence-corrected chi connectivity index (χ2v) is 11.6. The van der Waals surface area contributed by atoms with Crippen LogP contribution in [0.15, 0.2) is 34.1 Å². The van der Waals surface area contributed by atoms with Gasteiger partial charge in [0.15, 0.2) is 0 Å². The van der Waals surface area contributed by atoms with Gasteiger partial charge in [0.25, 0.3) is 0 Å². The van der Waals surface area contributed by atoms with Gasteiger partial charge in [0.05, 0.1) is 10.5 Å². The molecule has 0 heterocycles. The van der Waals surface area contributed by atoms with E-state index in [-0.39, 0.29) is 4.91 Å². The van der Waals surface area contributed by atoms with E-state index in [9.17, 15) is 8.42 Å². The highest BCUT2D eigenvalue weighted by Crippen LogP contribution is 2.34. The number of aryl methyl sites for hydroxylation is 6. The highest BCUT2D eigenvalue weighted by atomic mass is 32.2. The highest BCUT2D eigenvalue weighted by molar-refractivity contribution is 7.96. The first-order valence-corrected chi connectivity index (χ1v) is 14.7. The molecule has 3 heteroatoms. The Hall–Kier alpha value is -3.19. The number of unbranched alkanes of at least 4 members (excludes halogenated alkanes) is 4. The molecular weight excluding hydrogens is 472 g/mol. The Labute approximate surface area is 225 Å². The molecule has 2 nitrogen and oxygen atoms in total. The maximum absolute atomic E-state index is 14.4. The van der Waals surface area contributed by atoms with Crippen molar-refractivity contribution in [2.45, 2.75) is 98.8 Å². The van der Waals surface area contributed by atoms with E-state index in [4.69, 9.17) is 0 Å². The van der Waals surface area contributed by atoms with E-state index in [2.05, 4.69) is 61.5 Å². The predicted octanol–water partition coefficient (Wildman–Crippen LogP) is 8.11. The zero-order chi connectivity index (χ0) is 27.6. The average molecular weight is 513 g/mol. The molecule has 0 aromatic heterocycles. The van der Waals surface area contributed by atoms with Gasteiger partial charge < -0.3 is 0 Å². The van der Waals surface area contributed by atoms with Crippen molar-refractivity contribution in [1.29, 1.82) is 0 Å². The zero-order valence-electron chi connectivity index (χ0n) is 23.8. The third-order valence-corrected chi connectivity index (χ3v) is 8.17. The third kappa shape index (κ3) is 7.89. The Bertz CT molecular complexity index is 1420. The summed E-state index contributed by atoms with van der Waals surface area (Å²) in [6.45, 7) is 16.0. The molecule has 2 aromatic rings. The molecule has 0 fully saturated rings. The van der Waals surface area contributed by atoms with Crippen LogP contribution in [0.3, 0.4) is 0 Å². The van der Waals surface area contributed by atoms with Gasteiger partial charge in [-0.25, -0.2) is 8.42 Å². The number of hydrogen-bond donors (Lipinski definition) is 0. The maximum atomic E-state index is 14.4. The molecule has 0 spiro atoms. The van der Waals surface area contributed by atoms with E-state index in [0.717, 1.165) is 59.9 Å². The molecular formula is C34H40O2S. The van der Waals surface area contributed by atoms with Gasteiger partial charge in [-0.15, -0.1) is 0 Å². The van der Waals surface area contributed by atoms with E-state index >= 15 is 0 Å². The number of sulfone groups is 1. The van der Waals surface area contributed by atoms with Crippen LogP contribution in [-0.2, 0) is 9.84 Å². The molecule has 0 aliphatic rings. The molecule has 0 saturated carbocycles. The monoisotopic (exact) mass is 512 g/mol. The predicted molar refractivity (Wildman–Crippen MR) is 158 cm³/mol. The van der Waals surface area contributed by atoms with E-state index in [1.165, 1.54) is 0 Å². The molecule has 2 rings (SSSR count). The molecule has 0 saturated heterocycles. The molecule has 2 aromatic carbocycles. The fourth-order valence-corrected chi connectivity index (χ4v) is 6.42. The van der Waals surface area contributed by atoms with Gasteiger partial charge in [-0.1, -0.05) is 79.8 Å². The second kappa shape index (κ2) is 13.9. The van der Waals surface area contributed by atoms with Gasteiger partial charge >= 0.3 is 0 Å². The maximum Gasteiger partial charge on any atom is 0.216 e. The number of hydrogen-bond acceptors (Lipinski definition) is 2. The van der Waals surface area contributed by atoms with Crippen molar-refractivity contribution in [2.24, 2.45) is 0 Å². The van der Waals surface area contributed by atoms with E-state index in [1.807, 2.05) is 53.7 Å². The summed E-state index contributed by atoms with van der Waals surface area (Å²) in [7, 11) is -3.97. The lowest BCUT2D eigenvalue weighted by Crippen LogP contribution is -2.11. The fourth-order valence-electron chi connectivity index (χ4n) is 4.64. The molecule has 0 unspecified atom stereocenters.